The molecule has 0 saturated heterocycles. The average Bonchev–Trinajstić information content (AvgIpc) is 2.40. The molecule has 4 heteroatoms. The molecule has 0 bridgehead atoms. The predicted molar refractivity (Wildman–Crippen MR) is 82.4 cm³/mol. The minimum absolute atomic E-state index is 0.824. The van der Waals surface area contributed by atoms with Crippen LogP contribution in [0.25, 0.3) is 0 Å². The van der Waals surface area contributed by atoms with Crippen LogP contribution in [0.3, 0.4) is 0 Å². The smallest absolute Gasteiger partial charge is 0.00773 e. The molecule has 0 spiro atoms. The first-order chi connectivity index (χ1) is 8.83. The highest BCUT2D eigenvalue weighted by Crippen LogP contribution is 2.03. The van der Waals surface area contributed by atoms with Gasteiger partial charge in [-0.25, -0.2) is 0 Å². The second-order valence-corrected chi connectivity index (χ2v) is 4.69. The van der Waals surface area contributed by atoms with Crippen LogP contribution in [0.1, 0.15) is 64.2 Å². The molecule has 0 amide bonds. The number of unbranched alkanes of at least 4 members (excludes halogenated alkanes) is 8. The van der Waals surface area contributed by atoms with Gasteiger partial charge in [0.1, 0.15) is 0 Å². The zero-order valence-electron chi connectivity index (χ0n) is 12.2. The molecular formula is C14H36N4. The predicted octanol–water partition coefficient (Wildman–Crippen LogP) is 1.71. The molecule has 0 heterocycles. The first-order valence-corrected chi connectivity index (χ1v) is 7.63. The molecule has 0 saturated carbocycles. The van der Waals surface area contributed by atoms with Crippen molar-refractivity contribution in [2.75, 3.05) is 26.2 Å². The Morgan fingerprint density at radius 2 is 0.444 bits per heavy atom. The average molecular weight is 260 g/mol. The van der Waals surface area contributed by atoms with E-state index in [4.69, 9.17) is 22.9 Å². The van der Waals surface area contributed by atoms with Crippen molar-refractivity contribution in [1.29, 1.82) is 0 Å². The van der Waals surface area contributed by atoms with Crippen molar-refractivity contribution in [3.63, 3.8) is 0 Å². The topological polar surface area (TPSA) is 104 Å². The summed E-state index contributed by atoms with van der Waals surface area (Å²) in [6, 6.07) is 0. The Kier molecular flexibility index (Phi) is 24.7. The largest absolute Gasteiger partial charge is 0.330 e. The third-order valence-electron chi connectivity index (χ3n) is 2.82. The molecule has 18 heavy (non-hydrogen) atoms. The molecule has 0 aliphatic carbocycles. The SMILES string of the molecule is NCCCCCCCCN.NCCCCCCN. The van der Waals surface area contributed by atoms with Gasteiger partial charge < -0.3 is 22.9 Å². The zero-order chi connectivity index (χ0) is 13.9. The Morgan fingerprint density at radius 3 is 0.611 bits per heavy atom. The second-order valence-electron chi connectivity index (χ2n) is 4.69. The molecule has 112 valence electrons. The zero-order valence-corrected chi connectivity index (χ0v) is 12.2. The molecule has 0 atom stereocenters. The van der Waals surface area contributed by atoms with Crippen molar-refractivity contribution in [2.24, 2.45) is 22.9 Å². The Labute approximate surface area is 114 Å². The van der Waals surface area contributed by atoms with E-state index < -0.39 is 0 Å². The van der Waals surface area contributed by atoms with Crippen LogP contribution in [0.15, 0.2) is 0 Å². The first kappa shape index (κ1) is 20.2. The second kappa shape index (κ2) is 22.1. The fourth-order valence-corrected chi connectivity index (χ4v) is 1.64. The Balaban J connectivity index is 0. The lowest BCUT2D eigenvalue weighted by atomic mass is 10.1. The molecular weight excluding hydrogens is 224 g/mol. The maximum Gasteiger partial charge on any atom is -0.00773 e. The highest BCUT2D eigenvalue weighted by molar-refractivity contribution is 4.45. The lowest BCUT2D eigenvalue weighted by Crippen LogP contribution is -2.00. The van der Waals surface area contributed by atoms with Crippen LogP contribution in [0.5, 0.6) is 0 Å². The van der Waals surface area contributed by atoms with E-state index in [1.165, 1.54) is 51.4 Å². The molecule has 8 N–H and O–H groups in total. The third-order valence-corrected chi connectivity index (χ3v) is 2.82. The van der Waals surface area contributed by atoms with E-state index in [2.05, 4.69) is 0 Å². The van der Waals surface area contributed by atoms with E-state index in [9.17, 15) is 0 Å². The van der Waals surface area contributed by atoms with E-state index in [0.717, 1.165) is 39.0 Å². The standard InChI is InChI=1S/C8H20N2.C6H16N2/c9-7-5-3-1-2-4-6-8-10;7-5-3-1-2-4-6-8/h1-10H2;1-8H2. The van der Waals surface area contributed by atoms with E-state index in [0.29, 0.717) is 0 Å². The van der Waals surface area contributed by atoms with Crippen molar-refractivity contribution in [2.45, 2.75) is 64.2 Å². The number of nitrogens with two attached hydrogens (primary N) is 4. The van der Waals surface area contributed by atoms with Gasteiger partial charge in [0.2, 0.25) is 0 Å². The highest BCUT2D eigenvalue weighted by Gasteiger charge is 1.87. The van der Waals surface area contributed by atoms with Gasteiger partial charge in [0.05, 0.1) is 0 Å². The molecule has 0 aromatic carbocycles. The molecule has 0 fully saturated rings. The van der Waals surface area contributed by atoms with Gasteiger partial charge in [0.15, 0.2) is 0 Å². The normalized spacial score (nSPS) is 10.0. The molecule has 4 nitrogen and oxygen atoms in total. The summed E-state index contributed by atoms with van der Waals surface area (Å²) in [7, 11) is 0. The van der Waals surface area contributed by atoms with E-state index in [-0.39, 0.29) is 0 Å². The van der Waals surface area contributed by atoms with Crippen molar-refractivity contribution in [3.05, 3.63) is 0 Å². The van der Waals surface area contributed by atoms with Crippen LogP contribution in [-0.2, 0) is 0 Å². The lowest BCUT2D eigenvalue weighted by Gasteiger charge is -1.97. The Morgan fingerprint density at radius 1 is 0.278 bits per heavy atom. The van der Waals surface area contributed by atoms with E-state index >= 15 is 0 Å². The minimum atomic E-state index is 0.824. The molecule has 0 aliphatic rings. The molecule has 0 radical (unpaired) electrons. The van der Waals surface area contributed by atoms with Gasteiger partial charge in [0, 0.05) is 0 Å². The molecule has 0 aromatic rings. The summed E-state index contributed by atoms with van der Waals surface area (Å²) >= 11 is 0. The van der Waals surface area contributed by atoms with Gasteiger partial charge in [-0.1, -0.05) is 38.5 Å². The molecule has 0 aromatic heterocycles. The Bertz CT molecular complexity index is 106. The maximum atomic E-state index is 5.35. The van der Waals surface area contributed by atoms with Gasteiger partial charge in [-0.15, -0.1) is 0 Å². The van der Waals surface area contributed by atoms with E-state index in [1.54, 1.807) is 0 Å². The van der Waals surface area contributed by atoms with Gasteiger partial charge in [-0.05, 0) is 51.9 Å². The summed E-state index contributed by atoms with van der Waals surface area (Å²) in [4.78, 5) is 0. The summed E-state index contributed by atoms with van der Waals surface area (Å²) in [5, 5.41) is 0. The van der Waals surface area contributed by atoms with Crippen molar-refractivity contribution in [3.8, 4) is 0 Å². The summed E-state index contributed by atoms with van der Waals surface area (Å²) in [5.41, 5.74) is 21.3. The fourth-order valence-electron chi connectivity index (χ4n) is 1.64. The molecule has 0 rings (SSSR count). The van der Waals surface area contributed by atoms with Crippen molar-refractivity contribution < 1.29 is 0 Å². The van der Waals surface area contributed by atoms with Crippen LogP contribution in [-0.4, -0.2) is 26.2 Å². The minimum Gasteiger partial charge on any atom is -0.330 e. The fraction of sp³-hybridized carbons (Fsp3) is 1.00. The quantitative estimate of drug-likeness (QED) is 0.401. The third kappa shape index (κ3) is 24.9. The lowest BCUT2D eigenvalue weighted by molar-refractivity contribution is 0.601. The summed E-state index contributed by atoms with van der Waals surface area (Å²) in [6.07, 6.45) is 12.4. The van der Waals surface area contributed by atoms with E-state index in [1.807, 2.05) is 0 Å². The van der Waals surface area contributed by atoms with Crippen LogP contribution >= 0.6 is 0 Å². The number of rotatable bonds is 12. The van der Waals surface area contributed by atoms with Crippen LogP contribution in [0.4, 0.5) is 0 Å². The number of hydrogen-bond donors (Lipinski definition) is 4. The summed E-state index contributed by atoms with van der Waals surface area (Å²) in [6.45, 7) is 3.34. The summed E-state index contributed by atoms with van der Waals surface area (Å²) in [5.74, 6) is 0. The van der Waals surface area contributed by atoms with Crippen LogP contribution in [0.2, 0.25) is 0 Å². The van der Waals surface area contributed by atoms with Crippen molar-refractivity contribution >= 4 is 0 Å². The van der Waals surface area contributed by atoms with Gasteiger partial charge in [-0.3, -0.25) is 0 Å². The van der Waals surface area contributed by atoms with Crippen LogP contribution < -0.4 is 22.9 Å². The Hall–Kier alpha value is -0.160. The van der Waals surface area contributed by atoms with Crippen molar-refractivity contribution in [1.82, 2.24) is 0 Å². The molecule has 0 unspecified atom stereocenters. The maximum absolute atomic E-state index is 5.35. The van der Waals surface area contributed by atoms with Gasteiger partial charge >= 0.3 is 0 Å². The highest BCUT2D eigenvalue weighted by atomic mass is 14.5. The van der Waals surface area contributed by atoms with Crippen LogP contribution in [0, 0.1) is 0 Å². The number of hydrogen-bond acceptors (Lipinski definition) is 4. The summed E-state index contributed by atoms with van der Waals surface area (Å²) < 4.78 is 0. The molecule has 0 aliphatic heterocycles. The first-order valence-electron chi connectivity index (χ1n) is 7.63. The monoisotopic (exact) mass is 260 g/mol. The van der Waals surface area contributed by atoms with Gasteiger partial charge in [-0.2, -0.15) is 0 Å². The van der Waals surface area contributed by atoms with Gasteiger partial charge in [0.25, 0.3) is 0 Å².